The van der Waals surface area contributed by atoms with Crippen molar-refractivity contribution in [2.75, 3.05) is 20.8 Å². The molecule has 0 saturated carbocycles. The molecule has 0 aromatic heterocycles. The molecular weight excluding hydrogens is 268 g/mol. The second-order valence-electron chi connectivity index (χ2n) is 4.61. The van der Waals surface area contributed by atoms with E-state index in [1.807, 2.05) is 30.3 Å². The van der Waals surface area contributed by atoms with Gasteiger partial charge in [0.25, 0.3) is 0 Å². The zero-order chi connectivity index (χ0) is 15.1. The zero-order valence-electron chi connectivity index (χ0n) is 12.3. The maximum atomic E-state index is 10.2. The fourth-order valence-electron chi connectivity index (χ4n) is 1.99. The van der Waals surface area contributed by atoms with E-state index in [9.17, 15) is 5.11 Å². The van der Waals surface area contributed by atoms with Gasteiger partial charge in [0.1, 0.15) is 17.2 Å². The topological polar surface area (TPSA) is 47.9 Å². The molecule has 0 radical (unpaired) electrons. The van der Waals surface area contributed by atoms with Gasteiger partial charge >= 0.3 is 0 Å². The quantitative estimate of drug-likeness (QED) is 0.850. The molecule has 0 saturated heterocycles. The SMILES string of the molecule is COc1cc(OC)cc(C(O)CCOc2ccccc2)c1. The largest absolute Gasteiger partial charge is 0.497 e. The number of aliphatic hydroxyl groups excluding tert-OH is 1. The predicted molar refractivity (Wildman–Crippen MR) is 81.1 cm³/mol. The van der Waals surface area contributed by atoms with Gasteiger partial charge in [0.05, 0.1) is 26.9 Å². The Hall–Kier alpha value is -2.20. The molecule has 2 rings (SSSR count). The lowest BCUT2D eigenvalue weighted by Crippen LogP contribution is -2.06. The molecule has 0 amide bonds. The van der Waals surface area contributed by atoms with Crippen LogP contribution in [-0.2, 0) is 0 Å². The average Bonchev–Trinajstić information content (AvgIpc) is 2.55. The minimum Gasteiger partial charge on any atom is -0.497 e. The van der Waals surface area contributed by atoms with E-state index in [1.54, 1.807) is 32.4 Å². The van der Waals surface area contributed by atoms with Crippen LogP contribution in [0.25, 0.3) is 0 Å². The van der Waals surface area contributed by atoms with Gasteiger partial charge in [-0.2, -0.15) is 0 Å². The number of benzene rings is 2. The number of para-hydroxylation sites is 1. The van der Waals surface area contributed by atoms with Gasteiger partial charge in [-0.25, -0.2) is 0 Å². The van der Waals surface area contributed by atoms with Crippen molar-refractivity contribution in [2.24, 2.45) is 0 Å². The Kier molecular flexibility index (Phi) is 5.46. The minimum absolute atomic E-state index is 0.435. The van der Waals surface area contributed by atoms with Gasteiger partial charge in [-0.15, -0.1) is 0 Å². The van der Waals surface area contributed by atoms with Crippen molar-refractivity contribution in [2.45, 2.75) is 12.5 Å². The first-order chi connectivity index (χ1) is 10.2. The summed E-state index contributed by atoms with van der Waals surface area (Å²) in [4.78, 5) is 0. The molecule has 1 unspecified atom stereocenters. The van der Waals surface area contributed by atoms with Gasteiger partial charge in [-0.3, -0.25) is 0 Å². The first-order valence-corrected chi connectivity index (χ1v) is 6.82. The highest BCUT2D eigenvalue weighted by molar-refractivity contribution is 5.39. The van der Waals surface area contributed by atoms with Crippen molar-refractivity contribution in [3.05, 3.63) is 54.1 Å². The van der Waals surface area contributed by atoms with Gasteiger partial charge in [0.15, 0.2) is 0 Å². The summed E-state index contributed by atoms with van der Waals surface area (Å²) in [5, 5.41) is 10.2. The van der Waals surface area contributed by atoms with Crippen molar-refractivity contribution in [3.63, 3.8) is 0 Å². The van der Waals surface area contributed by atoms with E-state index in [4.69, 9.17) is 14.2 Å². The number of aliphatic hydroxyl groups is 1. The van der Waals surface area contributed by atoms with Gasteiger partial charge < -0.3 is 19.3 Å². The molecule has 1 atom stereocenters. The van der Waals surface area contributed by atoms with E-state index in [-0.39, 0.29) is 0 Å². The first kappa shape index (κ1) is 15.2. The van der Waals surface area contributed by atoms with E-state index in [0.29, 0.717) is 24.5 Å². The van der Waals surface area contributed by atoms with Crippen LogP contribution in [0, 0.1) is 0 Å². The lowest BCUT2D eigenvalue weighted by molar-refractivity contribution is 0.140. The molecule has 21 heavy (non-hydrogen) atoms. The van der Waals surface area contributed by atoms with Crippen molar-refractivity contribution in [1.82, 2.24) is 0 Å². The van der Waals surface area contributed by atoms with Gasteiger partial charge in [-0.1, -0.05) is 18.2 Å². The standard InChI is InChI=1S/C17H20O4/c1-19-15-10-13(11-16(12-15)20-2)17(18)8-9-21-14-6-4-3-5-7-14/h3-7,10-12,17-18H,8-9H2,1-2H3. The number of hydrogen-bond donors (Lipinski definition) is 1. The maximum Gasteiger partial charge on any atom is 0.122 e. The highest BCUT2D eigenvalue weighted by Crippen LogP contribution is 2.27. The molecule has 0 bridgehead atoms. The molecule has 1 N–H and O–H groups in total. The Balaban J connectivity index is 1.95. The average molecular weight is 288 g/mol. The second-order valence-corrected chi connectivity index (χ2v) is 4.61. The van der Waals surface area contributed by atoms with Crippen LogP contribution >= 0.6 is 0 Å². The van der Waals surface area contributed by atoms with Crippen molar-refractivity contribution < 1.29 is 19.3 Å². The second kappa shape index (κ2) is 7.55. The van der Waals surface area contributed by atoms with Crippen LogP contribution in [0.3, 0.4) is 0 Å². The molecule has 0 aliphatic heterocycles. The minimum atomic E-state index is -0.627. The third kappa shape index (κ3) is 4.39. The van der Waals surface area contributed by atoms with Crippen molar-refractivity contribution in [1.29, 1.82) is 0 Å². The number of ether oxygens (including phenoxy) is 3. The summed E-state index contributed by atoms with van der Waals surface area (Å²) < 4.78 is 16.0. The first-order valence-electron chi connectivity index (χ1n) is 6.82. The Morgan fingerprint density at radius 1 is 0.905 bits per heavy atom. The number of rotatable bonds is 7. The molecule has 2 aromatic carbocycles. The summed E-state index contributed by atoms with van der Waals surface area (Å²) in [6.07, 6.45) is -0.136. The molecule has 2 aromatic rings. The Morgan fingerprint density at radius 2 is 1.52 bits per heavy atom. The highest BCUT2D eigenvalue weighted by Gasteiger charge is 2.11. The molecule has 0 fully saturated rings. The molecular formula is C17H20O4. The van der Waals surface area contributed by atoms with E-state index in [1.165, 1.54) is 0 Å². The van der Waals surface area contributed by atoms with Gasteiger partial charge in [0.2, 0.25) is 0 Å². The number of hydrogen-bond acceptors (Lipinski definition) is 4. The van der Waals surface area contributed by atoms with Crippen LogP contribution in [0.2, 0.25) is 0 Å². The molecule has 0 aliphatic carbocycles. The summed E-state index contributed by atoms with van der Waals surface area (Å²) in [5.41, 5.74) is 0.753. The Morgan fingerprint density at radius 3 is 2.10 bits per heavy atom. The number of methoxy groups -OCH3 is 2. The van der Waals surface area contributed by atoms with E-state index < -0.39 is 6.10 Å². The molecule has 4 heteroatoms. The van der Waals surface area contributed by atoms with Crippen LogP contribution in [0.1, 0.15) is 18.1 Å². The monoisotopic (exact) mass is 288 g/mol. The fourth-order valence-corrected chi connectivity index (χ4v) is 1.99. The summed E-state index contributed by atoms with van der Waals surface area (Å²) in [7, 11) is 3.17. The normalized spacial score (nSPS) is 11.8. The molecule has 4 nitrogen and oxygen atoms in total. The smallest absolute Gasteiger partial charge is 0.122 e. The third-order valence-electron chi connectivity index (χ3n) is 3.16. The summed E-state index contributed by atoms with van der Waals surface area (Å²) >= 11 is 0. The lowest BCUT2D eigenvalue weighted by atomic mass is 10.1. The van der Waals surface area contributed by atoms with Crippen LogP contribution in [-0.4, -0.2) is 25.9 Å². The van der Waals surface area contributed by atoms with E-state index in [2.05, 4.69) is 0 Å². The molecule has 0 heterocycles. The lowest BCUT2D eigenvalue weighted by Gasteiger charge is -2.14. The van der Waals surface area contributed by atoms with Crippen LogP contribution < -0.4 is 14.2 Å². The Labute approximate surface area is 124 Å². The van der Waals surface area contributed by atoms with E-state index >= 15 is 0 Å². The van der Waals surface area contributed by atoms with Crippen LogP contribution in [0.15, 0.2) is 48.5 Å². The summed E-state index contributed by atoms with van der Waals surface area (Å²) in [6, 6.07) is 14.9. The predicted octanol–water partition coefficient (Wildman–Crippen LogP) is 3.21. The zero-order valence-corrected chi connectivity index (χ0v) is 12.3. The Bertz CT molecular complexity index is 532. The van der Waals surface area contributed by atoms with Gasteiger partial charge in [0, 0.05) is 12.5 Å². The summed E-state index contributed by atoms with van der Waals surface area (Å²) in [5.74, 6) is 2.12. The van der Waals surface area contributed by atoms with Crippen molar-refractivity contribution in [3.8, 4) is 17.2 Å². The summed E-state index contributed by atoms with van der Waals surface area (Å²) in [6.45, 7) is 0.435. The highest BCUT2D eigenvalue weighted by atomic mass is 16.5. The van der Waals surface area contributed by atoms with Crippen molar-refractivity contribution >= 4 is 0 Å². The molecule has 0 spiro atoms. The van der Waals surface area contributed by atoms with Crippen LogP contribution in [0.5, 0.6) is 17.2 Å². The molecule has 0 aliphatic rings. The molecule has 112 valence electrons. The van der Waals surface area contributed by atoms with Gasteiger partial charge in [-0.05, 0) is 29.8 Å². The van der Waals surface area contributed by atoms with E-state index in [0.717, 1.165) is 11.3 Å². The van der Waals surface area contributed by atoms with Crippen LogP contribution in [0.4, 0.5) is 0 Å². The fraction of sp³-hybridized carbons (Fsp3) is 0.294. The third-order valence-corrected chi connectivity index (χ3v) is 3.16. The maximum absolute atomic E-state index is 10.2.